The summed E-state index contributed by atoms with van der Waals surface area (Å²) < 4.78 is 22.7. The summed E-state index contributed by atoms with van der Waals surface area (Å²) >= 11 is 0. The summed E-state index contributed by atoms with van der Waals surface area (Å²) in [6, 6.07) is 11.4. The van der Waals surface area contributed by atoms with Gasteiger partial charge in [0.1, 0.15) is 0 Å². The van der Waals surface area contributed by atoms with Crippen molar-refractivity contribution in [1.82, 2.24) is 5.32 Å². The largest absolute Gasteiger partial charge is 0.490 e. The predicted molar refractivity (Wildman–Crippen MR) is 117 cm³/mol. The number of rotatable bonds is 12. The second-order valence-corrected chi connectivity index (χ2v) is 6.96. The van der Waals surface area contributed by atoms with Gasteiger partial charge in [-0.3, -0.25) is 4.79 Å². The molecule has 0 atom stereocenters. The van der Waals surface area contributed by atoms with Crippen molar-refractivity contribution in [1.29, 1.82) is 0 Å². The van der Waals surface area contributed by atoms with Gasteiger partial charge >= 0.3 is 0 Å². The van der Waals surface area contributed by atoms with Crippen molar-refractivity contribution in [2.24, 2.45) is 0 Å². The summed E-state index contributed by atoms with van der Waals surface area (Å²) in [5.74, 6) is 1.32. The van der Waals surface area contributed by atoms with Crippen LogP contribution in [-0.2, 0) is 17.9 Å². The number of nitrogens with one attached hydrogen (secondary N) is 1. The van der Waals surface area contributed by atoms with E-state index in [0.717, 1.165) is 11.1 Å². The maximum atomic E-state index is 12.8. The zero-order chi connectivity index (χ0) is 21.9. The van der Waals surface area contributed by atoms with Crippen molar-refractivity contribution in [3.05, 3.63) is 53.1 Å². The van der Waals surface area contributed by atoms with Gasteiger partial charge in [-0.2, -0.15) is 0 Å². The van der Waals surface area contributed by atoms with Gasteiger partial charge in [0, 0.05) is 12.1 Å². The number of benzene rings is 2. The average molecular weight is 416 g/mol. The van der Waals surface area contributed by atoms with Crippen LogP contribution >= 0.6 is 0 Å². The minimum atomic E-state index is -0.205. The van der Waals surface area contributed by atoms with Gasteiger partial charge < -0.3 is 24.3 Å². The first kappa shape index (κ1) is 23.5. The first-order valence-corrected chi connectivity index (χ1v) is 10.5. The van der Waals surface area contributed by atoms with E-state index in [1.807, 2.05) is 58.9 Å². The monoisotopic (exact) mass is 415 g/mol. The van der Waals surface area contributed by atoms with E-state index in [-0.39, 0.29) is 12.0 Å². The molecule has 0 unspecified atom stereocenters. The molecule has 6 heteroatoms. The molecule has 0 heterocycles. The molecule has 0 fully saturated rings. The quantitative estimate of drug-likeness (QED) is 0.542. The minimum Gasteiger partial charge on any atom is -0.490 e. The molecule has 0 aromatic heterocycles. The van der Waals surface area contributed by atoms with Crippen LogP contribution in [0.4, 0.5) is 0 Å². The van der Waals surface area contributed by atoms with Crippen molar-refractivity contribution in [2.45, 2.75) is 53.9 Å². The van der Waals surface area contributed by atoms with Crippen LogP contribution in [0.1, 0.15) is 56.1 Å². The zero-order valence-electron chi connectivity index (χ0n) is 18.6. The molecule has 0 aliphatic rings. The Kier molecular flexibility index (Phi) is 9.48. The number of carbonyl (C=O) groups is 1. The van der Waals surface area contributed by atoms with Crippen LogP contribution in [-0.4, -0.2) is 31.8 Å². The fourth-order valence-electron chi connectivity index (χ4n) is 2.90. The Bertz CT molecular complexity index is 792. The van der Waals surface area contributed by atoms with E-state index < -0.39 is 0 Å². The van der Waals surface area contributed by atoms with Crippen molar-refractivity contribution in [3.63, 3.8) is 0 Å². The number of amides is 1. The first-order valence-electron chi connectivity index (χ1n) is 10.5. The lowest BCUT2D eigenvalue weighted by atomic mass is 10.1. The van der Waals surface area contributed by atoms with Gasteiger partial charge in [0.2, 0.25) is 5.75 Å². The second-order valence-electron chi connectivity index (χ2n) is 6.96. The number of hydrogen-bond donors (Lipinski definition) is 1. The summed E-state index contributed by atoms with van der Waals surface area (Å²) in [5.41, 5.74) is 2.55. The van der Waals surface area contributed by atoms with Crippen LogP contribution in [0.3, 0.4) is 0 Å². The summed E-state index contributed by atoms with van der Waals surface area (Å²) in [7, 11) is 0. The molecule has 0 spiro atoms. The first-order chi connectivity index (χ1) is 14.5. The van der Waals surface area contributed by atoms with E-state index in [0.29, 0.717) is 55.8 Å². The Balaban J connectivity index is 2.15. The zero-order valence-corrected chi connectivity index (χ0v) is 18.6. The Labute approximate surface area is 179 Å². The summed E-state index contributed by atoms with van der Waals surface area (Å²) in [5, 5.41) is 2.97. The predicted octanol–water partition coefficient (Wildman–Crippen LogP) is 4.74. The van der Waals surface area contributed by atoms with Crippen molar-refractivity contribution >= 4 is 5.91 Å². The van der Waals surface area contributed by atoms with E-state index in [9.17, 15) is 4.79 Å². The molecule has 2 aromatic rings. The molecular weight excluding hydrogens is 382 g/mol. The van der Waals surface area contributed by atoms with E-state index in [4.69, 9.17) is 18.9 Å². The number of carbonyl (C=O) groups excluding carboxylic acids is 1. The van der Waals surface area contributed by atoms with Crippen LogP contribution in [0.25, 0.3) is 0 Å². The third kappa shape index (κ3) is 6.95. The van der Waals surface area contributed by atoms with Crippen LogP contribution < -0.4 is 19.5 Å². The SMILES string of the molecule is CCOc1cc(C(=O)NCc2cccc(COC(C)C)c2)cc(OCC)c1OCC. The Hall–Kier alpha value is -2.73. The van der Waals surface area contributed by atoms with Crippen molar-refractivity contribution < 1.29 is 23.7 Å². The molecule has 2 aromatic carbocycles. The topological polar surface area (TPSA) is 66.0 Å². The third-order valence-electron chi connectivity index (χ3n) is 4.20. The third-order valence-corrected chi connectivity index (χ3v) is 4.20. The number of hydrogen-bond acceptors (Lipinski definition) is 5. The maximum Gasteiger partial charge on any atom is 0.251 e. The van der Waals surface area contributed by atoms with Gasteiger partial charge in [-0.05, 0) is 57.9 Å². The van der Waals surface area contributed by atoms with Gasteiger partial charge in [-0.1, -0.05) is 24.3 Å². The fraction of sp³-hybridized carbons (Fsp3) is 0.458. The van der Waals surface area contributed by atoms with Crippen LogP contribution in [0.5, 0.6) is 17.2 Å². The molecule has 2 rings (SSSR count). The molecule has 0 aliphatic heterocycles. The van der Waals surface area contributed by atoms with Gasteiger partial charge in [0.15, 0.2) is 11.5 Å². The van der Waals surface area contributed by atoms with E-state index in [1.165, 1.54) is 0 Å². The van der Waals surface area contributed by atoms with Gasteiger partial charge in [-0.25, -0.2) is 0 Å². The highest BCUT2D eigenvalue weighted by Crippen LogP contribution is 2.39. The molecule has 0 aliphatic carbocycles. The highest BCUT2D eigenvalue weighted by Gasteiger charge is 2.18. The summed E-state index contributed by atoms with van der Waals surface area (Å²) in [6.07, 6.45) is 0.173. The molecule has 30 heavy (non-hydrogen) atoms. The Morgan fingerprint density at radius 2 is 1.50 bits per heavy atom. The Morgan fingerprint density at radius 3 is 2.07 bits per heavy atom. The molecule has 0 bridgehead atoms. The molecule has 1 amide bonds. The molecular formula is C24H33NO5. The fourth-order valence-corrected chi connectivity index (χ4v) is 2.90. The van der Waals surface area contributed by atoms with Crippen LogP contribution in [0.15, 0.2) is 36.4 Å². The van der Waals surface area contributed by atoms with Gasteiger partial charge in [0.25, 0.3) is 5.91 Å². The molecule has 0 saturated carbocycles. The maximum absolute atomic E-state index is 12.8. The van der Waals surface area contributed by atoms with E-state index in [1.54, 1.807) is 12.1 Å². The number of ether oxygens (including phenoxy) is 4. The molecule has 0 saturated heterocycles. The standard InChI is InChI=1S/C24H33NO5/c1-6-27-21-13-20(14-22(28-7-2)23(21)29-8-3)24(26)25-15-18-10-9-11-19(12-18)16-30-17(4)5/h9-14,17H,6-8,15-16H2,1-5H3,(H,25,26). The Morgan fingerprint density at radius 1 is 0.900 bits per heavy atom. The van der Waals surface area contributed by atoms with E-state index >= 15 is 0 Å². The summed E-state index contributed by atoms with van der Waals surface area (Å²) in [4.78, 5) is 12.8. The van der Waals surface area contributed by atoms with Crippen LogP contribution in [0, 0.1) is 0 Å². The molecule has 6 nitrogen and oxygen atoms in total. The molecule has 0 radical (unpaired) electrons. The van der Waals surface area contributed by atoms with Gasteiger partial charge in [-0.15, -0.1) is 0 Å². The molecule has 164 valence electrons. The van der Waals surface area contributed by atoms with Crippen molar-refractivity contribution in [2.75, 3.05) is 19.8 Å². The second kappa shape index (κ2) is 12.1. The van der Waals surface area contributed by atoms with Gasteiger partial charge in [0.05, 0.1) is 32.5 Å². The lowest BCUT2D eigenvalue weighted by Crippen LogP contribution is -2.23. The smallest absolute Gasteiger partial charge is 0.251 e. The minimum absolute atomic E-state index is 0.173. The summed E-state index contributed by atoms with van der Waals surface area (Å²) in [6.45, 7) is 12.0. The normalized spacial score (nSPS) is 10.7. The lowest BCUT2D eigenvalue weighted by Gasteiger charge is -2.17. The van der Waals surface area contributed by atoms with Crippen molar-refractivity contribution in [3.8, 4) is 17.2 Å². The highest BCUT2D eigenvalue weighted by atomic mass is 16.5. The average Bonchev–Trinajstić information content (AvgIpc) is 2.73. The lowest BCUT2D eigenvalue weighted by molar-refractivity contribution is 0.0657. The highest BCUT2D eigenvalue weighted by molar-refractivity contribution is 5.95. The van der Waals surface area contributed by atoms with Crippen LogP contribution in [0.2, 0.25) is 0 Å². The molecule has 1 N–H and O–H groups in total. The van der Waals surface area contributed by atoms with E-state index in [2.05, 4.69) is 5.32 Å².